The first-order chi connectivity index (χ1) is 17.6. The molecular weight excluding hydrogens is 452 g/mol. The van der Waals surface area contributed by atoms with E-state index in [-0.39, 0.29) is 11.3 Å². The van der Waals surface area contributed by atoms with Crippen molar-refractivity contribution < 1.29 is 19.4 Å². The molecule has 1 aliphatic heterocycles. The second kappa shape index (κ2) is 12.2. The average molecular weight is 485 g/mol. The number of likely N-dealkylation sites (tertiary alicyclic amines) is 1. The van der Waals surface area contributed by atoms with Crippen LogP contribution in [-0.2, 0) is 16.0 Å². The summed E-state index contributed by atoms with van der Waals surface area (Å²) in [6, 6.07) is 19.8. The monoisotopic (exact) mass is 484 g/mol. The molecule has 6 heteroatoms. The largest absolute Gasteiger partial charge is 0.507 e. The van der Waals surface area contributed by atoms with Crippen LogP contribution in [-0.4, -0.2) is 39.8 Å². The van der Waals surface area contributed by atoms with E-state index in [1.807, 2.05) is 54.6 Å². The molecule has 0 aliphatic carbocycles. The number of amides is 1. The van der Waals surface area contributed by atoms with Gasteiger partial charge in [0.1, 0.15) is 11.5 Å². The van der Waals surface area contributed by atoms with Crippen molar-refractivity contribution in [2.75, 3.05) is 13.2 Å². The quantitative estimate of drug-likeness (QED) is 0.163. The van der Waals surface area contributed by atoms with Gasteiger partial charge in [0.25, 0.3) is 11.7 Å². The predicted octanol–water partition coefficient (Wildman–Crippen LogP) is 5.71. The highest BCUT2D eigenvalue weighted by atomic mass is 16.5. The van der Waals surface area contributed by atoms with E-state index in [0.29, 0.717) is 25.1 Å². The number of ketones is 1. The maximum absolute atomic E-state index is 13.2. The summed E-state index contributed by atoms with van der Waals surface area (Å²) in [4.78, 5) is 31.9. The van der Waals surface area contributed by atoms with Crippen molar-refractivity contribution in [1.29, 1.82) is 0 Å². The Bertz CT molecular complexity index is 1190. The van der Waals surface area contributed by atoms with Gasteiger partial charge in [0.15, 0.2) is 0 Å². The minimum atomic E-state index is -0.694. The molecule has 1 fully saturated rings. The van der Waals surface area contributed by atoms with Gasteiger partial charge in [-0.25, -0.2) is 0 Å². The third kappa shape index (κ3) is 5.82. The Morgan fingerprint density at radius 3 is 2.36 bits per heavy atom. The Morgan fingerprint density at radius 2 is 1.67 bits per heavy atom. The van der Waals surface area contributed by atoms with E-state index in [4.69, 9.17) is 4.74 Å². The number of Topliss-reactive ketones (excluding diaryl/α,β-unsaturated/α-hetero) is 1. The van der Waals surface area contributed by atoms with Crippen LogP contribution in [0.25, 0.3) is 5.76 Å². The number of aliphatic hydroxyl groups excluding tert-OH is 1. The van der Waals surface area contributed by atoms with Crippen molar-refractivity contribution in [2.24, 2.45) is 0 Å². The van der Waals surface area contributed by atoms with Crippen LogP contribution in [0.5, 0.6) is 5.75 Å². The van der Waals surface area contributed by atoms with Crippen molar-refractivity contribution >= 4 is 17.4 Å². The molecule has 1 aromatic heterocycles. The maximum Gasteiger partial charge on any atom is 0.295 e. The van der Waals surface area contributed by atoms with Crippen molar-refractivity contribution in [1.82, 2.24) is 9.88 Å². The van der Waals surface area contributed by atoms with E-state index in [9.17, 15) is 14.7 Å². The molecule has 0 spiro atoms. The lowest BCUT2D eigenvalue weighted by Gasteiger charge is -2.25. The molecule has 1 amide bonds. The van der Waals surface area contributed by atoms with Gasteiger partial charge >= 0.3 is 0 Å². The molecule has 1 aliphatic rings. The lowest BCUT2D eigenvalue weighted by atomic mass is 9.95. The minimum Gasteiger partial charge on any atom is -0.507 e. The van der Waals surface area contributed by atoms with Gasteiger partial charge in [-0.1, -0.05) is 68.7 Å². The number of carbonyl (C=O) groups is 2. The van der Waals surface area contributed by atoms with E-state index in [1.54, 1.807) is 29.4 Å². The number of carbonyl (C=O) groups excluding carboxylic acids is 2. The highest BCUT2D eigenvalue weighted by Crippen LogP contribution is 2.39. The topological polar surface area (TPSA) is 79.7 Å². The van der Waals surface area contributed by atoms with Crippen LogP contribution in [0.3, 0.4) is 0 Å². The molecule has 6 nitrogen and oxygen atoms in total. The molecule has 2 aromatic carbocycles. The molecule has 1 unspecified atom stereocenters. The molecule has 0 bridgehead atoms. The Balaban J connectivity index is 1.63. The number of hydrogen-bond acceptors (Lipinski definition) is 5. The van der Waals surface area contributed by atoms with Gasteiger partial charge in [-0.15, -0.1) is 0 Å². The highest BCUT2D eigenvalue weighted by Gasteiger charge is 2.45. The van der Waals surface area contributed by atoms with Gasteiger partial charge in [-0.3, -0.25) is 14.6 Å². The summed E-state index contributed by atoms with van der Waals surface area (Å²) in [7, 11) is 0. The molecular formula is C30H32N2O4. The molecule has 36 heavy (non-hydrogen) atoms. The first kappa shape index (κ1) is 25.2. The Labute approximate surface area is 212 Å². The zero-order valence-corrected chi connectivity index (χ0v) is 20.6. The number of rotatable bonds is 11. The summed E-state index contributed by atoms with van der Waals surface area (Å²) in [5.41, 5.74) is 2.35. The third-order valence-corrected chi connectivity index (χ3v) is 6.44. The number of aliphatic hydroxyl groups is 1. The van der Waals surface area contributed by atoms with Crippen LogP contribution in [0, 0.1) is 0 Å². The van der Waals surface area contributed by atoms with Gasteiger partial charge in [0, 0.05) is 24.5 Å². The molecule has 3 aromatic rings. The van der Waals surface area contributed by atoms with E-state index in [2.05, 4.69) is 11.9 Å². The summed E-state index contributed by atoms with van der Waals surface area (Å²) >= 11 is 0. The molecule has 4 rings (SSSR count). The molecule has 0 radical (unpaired) electrons. The van der Waals surface area contributed by atoms with Gasteiger partial charge in [0.2, 0.25) is 0 Å². The summed E-state index contributed by atoms with van der Waals surface area (Å²) in [5, 5.41) is 11.1. The Hall–Kier alpha value is -3.93. The lowest BCUT2D eigenvalue weighted by Crippen LogP contribution is -2.31. The van der Waals surface area contributed by atoms with Gasteiger partial charge < -0.3 is 14.7 Å². The number of aromatic nitrogens is 1. The van der Waals surface area contributed by atoms with Crippen LogP contribution >= 0.6 is 0 Å². The summed E-state index contributed by atoms with van der Waals surface area (Å²) < 4.78 is 5.87. The first-order valence-corrected chi connectivity index (χ1v) is 12.6. The summed E-state index contributed by atoms with van der Waals surface area (Å²) in [6.07, 6.45) is 8.20. The Morgan fingerprint density at radius 1 is 0.944 bits per heavy atom. The van der Waals surface area contributed by atoms with Crippen LogP contribution in [0.1, 0.15) is 55.3 Å². The van der Waals surface area contributed by atoms with Crippen LogP contribution in [0.4, 0.5) is 0 Å². The fraction of sp³-hybridized carbons (Fsp3) is 0.300. The number of nitrogens with zero attached hydrogens (tertiary/aromatic N) is 2. The normalized spacial score (nSPS) is 16.9. The smallest absolute Gasteiger partial charge is 0.295 e. The standard InChI is InChI=1S/C30H32N2O4/c1-2-3-4-8-21-36-25-13-11-23(12-14-25)27-26(28(33)24-15-18-31-19-16-24)29(34)30(35)32(27)20-17-22-9-6-5-7-10-22/h5-7,9-16,18-19,27,33H,2-4,8,17,20-21H2,1H3. The van der Waals surface area contributed by atoms with Crippen LogP contribution in [0.2, 0.25) is 0 Å². The SMILES string of the molecule is CCCCCCOc1ccc(C2C(=C(O)c3ccncc3)C(=O)C(=O)N2CCc2ccccc2)cc1. The first-order valence-electron chi connectivity index (χ1n) is 12.6. The molecule has 186 valence electrons. The van der Waals surface area contributed by atoms with Crippen molar-refractivity contribution in [3.63, 3.8) is 0 Å². The van der Waals surface area contributed by atoms with Gasteiger partial charge in [-0.2, -0.15) is 0 Å². The molecule has 2 heterocycles. The average Bonchev–Trinajstić information content (AvgIpc) is 3.17. The molecule has 1 N–H and O–H groups in total. The van der Waals surface area contributed by atoms with E-state index in [0.717, 1.165) is 29.7 Å². The maximum atomic E-state index is 13.2. The minimum absolute atomic E-state index is 0.0903. The van der Waals surface area contributed by atoms with E-state index in [1.165, 1.54) is 12.8 Å². The number of unbranched alkanes of at least 4 members (excludes halogenated alkanes) is 3. The molecule has 1 saturated heterocycles. The van der Waals surface area contributed by atoms with Crippen molar-refractivity contribution in [3.05, 3.63) is 101 Å². The zero-order valence-electron chi connectivity index (χ0n) is 20.6. The van der Waals surface area contributed by atoms with E-state index < -0.39 is 17.7 Å². The molecule has 0 saturated carbocycles. The molecule has 1 atom stereocenters. The number of pyridine rings is 1. The fourth-order valence-corrected chi connectivity index (χ4v) is 4.48. The van der Waals surface area contributed by atoms with Gasteiger partial charge in [-0.05, 0) is 48.2 Å². The summed E-state index contributed by atoms with van der Waals surface area (Å²) in [6.45, 7) is 3.18. The van der Waals surface area contributed by atoms with Crippen LogP contribution in [0.15, 0.2) is 84.7 Å². The second-order valence-electron chi connectivity index (χ2n) is 8.94. The van der Waals surface area contributed by atoms with Crippen molar-refractivity contribution in [3.8, 4) is 5.75 Å². The van der Waals surface area contributed by atoms with Gasteiger partial charge in [0.05, 0.1) is 18.2 Å². The predicted molar refractivity (Wildman–Crippen MR) is 139 cm³/mol. The number of benzene rings is 2. The number of hydrogen-bond donors (Lipinski definition) is 1. The lowest BCUT2D eigenvalue weighted by molar-refractivity contribution is -0.139. The second-order valence-corrected chi connectivity index (χ2v) is 8.94. The Kier molecular flexibility index (Phi) is 8.50. The van der Waals surface area contributed by atoms with Crippen LogP contribution < -0.4 is 4.74 Å². The van der Waals surface area contributed by atoms with Crippen molar-refractivity contribution in [2.45, 2.75) is 45.1 Å². The number of ether oxygens (including phenoxy) is 1. The highest BCUT2D eigenvalue weighted by molar-refractivity contribution is 6.46. The zero-order chi connectivity index (χ0) is 25.3. The fourth-order valence-electron chi connectivity index (χ4n) is 4.48. The third-order valence-electron chi connectivity index (χ3n) is 6.44. The van der Waals surface area contributed by atoms with E-state index >= 15 is 0 Å². The summed E-state index contributed by atoms with van der Waals surface area (Å²) in [5.74, 6) is -0.744.